The van der Waals surface area contributed by atoms with E-state index in [2.05, 4.69) is 16.8 Å². The molecule has 1 amide bonds. The first-order valence-electron chi connectivity index (χ1n) is 8.41. The summed E-state index contributed by atoms with van der Waals surface area (Å²) in [5.41, 5.74) is 1.83. The van der Waals surface area contributed by atoms with Gasteiger partial charge in [0.05, 0.1) is 13.2 Å². The van der Waals surface area contributed by atoms with E-state index < -0.39 is 0 Å². The van der Waals surface area contributed by atoms with E-state index in [1.807, 2.05) is 24.1 Å². The van der Waals surface area contributed by atoms with Gasteiger partial charge in [-0.3, -0.25) is 9.69 Å². The number of nitrogens with zero attached hydrogens (tertiary/aromatic N) is 2. The maximum absolute atomic E-state index is 12.5. The molecule has 0 spiro atoms. The molecule has 2 aliphatic rings. The minimum absolute atomic E-state index is 0.144. The van der Waals surface area contributed by atoms with Gasteiger partial charge >= 0.3 is 0 Å². The molecule has 0 radical (unpaired) electrons. The monoisotopic (exact) mass is 305 g/mol. The summed E-state index contributed by atoms with van der Waals surface area (Å²) in [4.78, 5) is 20.1. The van der Waals surface area contributed by atoms with Gasteiger partial charge < -0.3 is 14.6 Å². The molecule has 0 bridgehead atoms. The molecule has 2 saturated heterocycles. The highest BCUT2D eigenvalue weighted by molar-refractivity contribution is 5.92. The predicted molar refractivity (Wildman–Crippen MR) is 86.0 cm³/mol. The van der Waals surface area contributed by atoms with Gasteiger partial charge in [0.2, 0.25) is 0 Å². The lowest BCUT2D eigenvalue weighted by atomic mass is 9.89. The van der Waals surface area contributed by atoms with Crippen LogP contribution in [-0.2, 0) is 4.74 Å². The number of hydrogen-bond acceptors (Lipinski definition) is 3. The largest absolute Gasteiger partial charge is 0.379 e. The molecule has 3 heterocycles. The van der Waals surface area contributed by atoms with Crippen LogP contribution in [-0.4, -0.2) is 66.1 Å². The van der Waals surface area contributed by atoms with Crippen molar-refractivity contribution >= 4 is 5.91 Å². The topological polar surface area (TPSA) is 48.6 Å². The second-order valence-electron chi connectivity index (χ2n) is 6.61. The summed E-state index contributed by atoms with van der Waals surface area (Å²) in [7, 11) is 0. The molecular weight excluding hydrogens is 278 g/mol. The maximum atomic E-state index is 12.5. The van der Waals surface area contributed by atoms with Gasteiger partial charge in [-0.25, -0.2) is 0 Å². The minimum Gasteiger partial charge on any atom is -0.379 e. The molecule has 0 aromatic carbocycles. The summed E-state index contributed by atoms with van der Waals surface area (Å²) in [5, 5.41) is 0. The number of ether oxygens (including phenoxy) is 1. The number of nitrogens with one attached hydrogen (secondary N) is 1. The van der Waals surface area contributed by atoms with Crippen molar-refractivity contribution in [3.8, 4) is 0 Å². The highest BCUT2D eigenvalue weighted by Gasteiger charge is 2.30. The fourth-order valence-electron chi connectivity index (χ4n) is 3.66. The summed E-state index contributed by atoms with van der Waals surface area (Å²) < 4.78 is 5.44. The molecule has 1 N–H and O–H groups in total. The van der Waals surface area contributed by atoms with Crippen LogP contribution in [0.15, 0.2) is 12.3 Å². The van der Waals surface area contributed by atoms with Crippen LogP contribution < -0.4 is 0 Å². The summed E-state index contributed by atoms with van der Waals surface area (Å²) >= 11 is 0. The van der Waals surface area contributed by atoms with Crippen molar-refractivity contribution in [3.05, 3.63) is 23.5 Å². The van der Waals surface area contributed by atoms with Crippen molar-refractivity contribution < 1.29 is 9.53 Å². The Morgan fingerprint density at radius 2 is 1.95 bits per heavy atom. The van der Waals surface area contributed by atoms with Gasteiger partial charge in [-0.2, -0.15) is 0 Å². The Morgan fingerprint density at radius 1 is 1.27 bits per heavy atom. The predicted octanol–water partition coefficient (Wildman–Crippen LogP) is 1.90. The highest BCUT2D eigenvalue weighted by Crippen LogP contribution is 2.25. The number of rotatable bonds is 3. The molecule has 1 unspecified atom stereocenters. The highest BCUT2D eigenvalue weighted by atomic mass is 16.5. The SMILES string of the molecule is Cc1c[nH]c(C(=O)N2CCC(C(C)N3CCOCC3)CC2)c1. The van der Waals surface area contributed by atoms with E-state index in [9.17, 15) is 4.79 Å². The van der Waals surface area contributed by atoms with Crippen molar-refractivity contribution in [1.29, 1.82) is 0 Å². The van der Waals surface area contributed by atoms with Crippen LogP contribution in [0.4, 0.5) is 0 Å². The van der Waals surface area contributed by atoms with Gasteiger partial charge in [0, 0.05) is 38.4 Å². The Hall–Kier alpha value is -1.33. The summed E-state index contributed by atoms with van der Waals surface area (Å²) in [5.74, 6) is 0.832. The van der Waals surface area contributed by atoms with Gasteiger partial charge in [0.25, 0.3) is 5.91 Å². The molecule has 122 valence electrons. The number of H-pyrrole nitrogens is 1. The second-order valence-corrected chi connectivity index (χ2v) is 6.61. The Balaban J connectivity index is 1.52. The third-order valence-corrected chi connectivity index (χ3v) is 5.19. The van der Waals surface area contributed by atoms with Crippen LogP contribution in [0.3, 0.4) is 0 Å². The van der Waals surface area contributed by atoms with Crippen molar-refractivity contribution in [2.45, 2.75) is 32.7 Å². The van der Waals surface area contributed by atoms with E-state index in [4.69, 9.17) is 4.74 Å². The molecule has 22 heavy (non-hydrogen) atoms. The molecule has 2 fully saturated rings. The number of hydrogen-bond donors (Lipinski definition) is 1. The number of likely N-dealkylation sites (tertiary alicyclic amines) is 1. The lowest BCUT2D eigenvalue weighted by Crippen LogP contribution is -2.49. The number of amides is 1. The van der Waals surface area contributed by atoms with Crippen molar-refractivity contribution in [2.75, 3.05) is 39.4 Å². The maximum Gasteiger partial charge on any atom is 0.270 e. The number of aromatic amines is 1. The first-order chi connectivity index (χ1) is 10.6. The zero-order chi connectivity index (χ0) is 15.5. The Labute approximate surface area is 132 Å². The Bertz CT molecular complexity index is 500. The fourth-order valence-corrected chi connectivity index (χ4v) is 3.66. The van der Waals surface area contributed by atoms with Gasteiger partial charge in [0.1, 0.15) is 5.69 Å². The summed E-state index contributed by atoms with van der Waals surface area (Å²) in [6, 6.07) is 2.53. The number of morpholine rings is 1. The average Bonchev–Trinajstić information content (AvgIpc) is 3.01. The van der Waals surface area contributed by atoms with Crippen LogP contribution in [0.25, 0.3) is 0 Å². The molecule has 0 aliphatic carbocycles. The number of carbonyl (C=O) groups is 1. The number of piperidine rings is 1. The molecule has 1 atom stereocenters. The number of aromatic nitrogens is 1. The van der Waals surface area contributed by atoms with E-state index in [1.54, 1.807) is 0 Å². The van der Waals surface area contributed by atoms with Crippen LogP contribution >= 0.6 is 0 Å². The molecule has 5 heteroatoms. The molecule has 2 aliphatic heterocycles. The zero-order valence-electron chi connectivity index (χ0n) is 13.7. The van der Waals surface area contributed by atoms with Gasteiger partial charge in [-0.05, 0) is 44.2 Å². The fraction of sp³-hybridized carbons (Fsp3) is 0.706. The van der Waals surface area contributed by atoms with Crippen LogP contribution in [0.5, 0.6) is 0 Å². The van der Waals surface area contributed by atoms with Crippen LogP contribution in [0, 0.1) is 12.8 Å². The first kappa shape index (κ1) is 15.6. The lowest BCUT2D eigenvalue weighted by molar-refractivity contribution is -0.000982. The van der Waals surface area contributed by atoms with Gasteiger partial charge in [-0.1, -0.05) is 0 Å². The smallest absolute Gasteiger partial charge is 0.270 e. The van der Waals surface area contributed by atoms with E-state index >= 15 is 0 Å². The lowest BCUT2D eigenvalue weighted by Gasteiger charge is -2.40. The minimum atomic E-state index is 0.144. The number of carbonyl (C=O) groups excluding carboxylic acids is 1. The molecule has 1 aromatic rings. The van der Waals surface area contributed by atoms with Gasteiger partial charge in [-0.15, -0.1) is 0 Å². The van der Waals surface area contributed by atoms with Crippen molar-refractivity contribution in [1.82, 2.24) is 14.8 Å². The van der Waals surface area contributed by atoms with E-state index in [1.165, 1.54) is 0 Å². The van der Waals surface area contributed by atoms with Crippen molar-refractivity contribution in [2.24, 2.45) is 5.92 Å². The van der Waals surface area contributed by atoms with E-state index in [0.29, 0.717) is 12.0 Å². The zero-order valence-corrected chi connectivity index (χ0v) is 13.7. The van der Waals surface area contributed by atoms with Crippen LogP contribution in [0.2, 0.25) is 0 Å². The van der Waals surface area contributed by atoms with E-state index in [0.717, 1.165) is 63.5 Å². The molecule has 1 aromatic heterocycles. The third-order valence-electron chi connectivity index (χ3n) is 5.19. The van der Waals surface area contributed by atoms with Gasteiger partial charge in [0.15, 0.2) is 0 Å². The third kappa shape index (κ3) is 3.36. The Morgan fingerprint density at radius 3 is 2.55 bits per heavy atom. The molecule has 3 rings (SSSR count). The summed E-state index contributed by atoms with van der Waals surface area (Å²) in [6.45, 7) is 9.88. The Kier molecular flexibility index (Phi) is 4.84. The van der Waals surface area contributed by atoms with E-state index in [-0.39, 0.29) is 5.91 Å². The molecule has 5 nitrogen and oxygen atoms in total. The second kappa shape index (κ2) is 6.84. The normalized spacial score (nSPS) is 22.7. The average molecular weight is 305 g/mol. The number of aryl methyl sites for hydroxylation is 1. The molecule has 0 saturated carbocycles. The quantitative estimate of drug-likeness (QED) is 0.928. The van der Waals surface area contributed by atoms with Crippen molar-refractivity contribution in [3.63, 3.8) is 0 Å². The van der Waals surface area contributed by atoms with Crippen LogP contribution in [0.1, 0.15) is 35.8 Å². The summed E-state index contributed by atoms with van der Waals surface area (Å²) in [6.07, 6.45) is 4.09. The standard InChI is InChI=1S/C17H27N3O2/c1-13-11-16(18-12-13)17(21)20-5-3-15(4-6-20)14(2)19-7-9-22-10-8-19/h11-12,14-15,18H,3-10H2,1-2H3. The first-order valence-corrected chi connectivity index (χ1v) is 8.41. The molecular formula is C17H27N3O2.